The maximum absolute atomic E-state index is 12.6. The van der Waals surface area contributed by atoms with Gasteiger partial charge >= 0.3 is 5.97 Å². The Morgan fingerprint density at radius 3 is 2.57 bits per heavy atom. The van der Waals surface area contributed by atoms with E-state index in [-0.39, 0.29) is 5.91 Å². The molecule has 0 unspecified atom stereocenters. The van der Waals surface area contributed by atoms with Crippen molar-refractivity contribution in [3.05, 3.63) is 88.6 Å². The summed E-state index contributed by atoms with van der Waals surface area (Å²) in [5, 5.41) is 6.21. The molecule has 0 fully saturated rings. The van der Waals surface area contributed by atoms with Crippen LogP contribution in [0, 0.1) is 0 Å². The Hall–Kier alpha value is -3.38. The Morgan fingerprint density at radius 2 is 1.82 bits per heavy atom. The molecule has 0 aliphatic rings. The normalized spacial score (nSPS) is 10.2. The Kier molecular flexibility index (Phi) is 6.24. The smallest absolute Gasteiger partial charge is 0.337 e. The summed E-state index contributed by atoms with van der Waals surface area (Å²) in [6.07, 6.45) is 1.55. The molecular formula is C21H18ClN3O3. The molecule has 0 aliphatic carbocycles. The zero-order valence-corrected chi connectivity index (χ0v) is 15.9. The molecule has 2 aromatic carbocycles. The number of anilines is 2. The van der Waals surface area contributed by atoms with E-state index in [1.165, 1.54) is 25.3 Å². The van der Waals surface area contributed by atoms with Crippen LogP contribution in [0.25, 0.3) is 0 Å². The van der Waals surface area contributed by atoms with Gasteiger partial charge in [-0.2, -0.15) is 0 Å². The Bertz CT molecular complexity index is 993. The van der Waals surface area contributed by atoms with Gasteiger partial charge in [0, 0.05) is 18.3 Å². The lowest BCUT2D eigenvalue weighted by Crippen LogP contribution is -2.14. The van der Waals surface area contributed by atoms with Gasteiger partial charge in [0.1, 0.15) is 5.82 Å². The number of hydrogen-bond acceptors (Lipinski definition) is 5. The van der Waals surface area contributed by atoms with E-state index < -0.39 is 5.97 Å². The molecule has 0 atom stereocenters. The third-order valence-electron chi connectivity index (χ3n) is 3.97. The lowest BCUT2D eigenvalue weighted by molar-refractivity contribution is 0.0600. The molecule has 28 heavy (non-hydrogen) atoms. The zero-order valence-electron chi connectivity index (χ0n) is 15.1. The Labute approximate surface area is 167 Å². The largest absolute Gasteiger partial charge is 0.465 e. The van der Waals surface area contributed by atoms with Crippen LogP contribution in [0.2, 0.25) is 5.02 Å². The summed E-state index contributed by atoms with van der Waals surface area (Å²) in [5.74, 6) is -0.302. The van der Waals surface area contributed by atoms with Crippen molar-refractivity contribution in [2.45, 2.75) is 6.54 Å². The van der Waals surface area contributed by atoms with Crippen LogP contribution in [-0.4, -0.2) is 24.0 Å². The molecule has 3 rings (SSSR count). The van der Waals surface area contributed by atoms with Crippen LogP contribution in [-0.2, 0) is 11.3 Å². The predicted octanol–water partition coefficient (Wildman–Crippen LogP) is 4.39. The van der Waals surface area contributed by atoms with Crippen molar-refractivity contribution >= 4 is 35.0 Å². The minimum atomic E-state index is -0.511. The number of ether oxygens (including phenoxy) is 1. The minimum absolute atomic E-state index is 0.294. The molecule has 1 heterocycles. The first kappa shape index (κ1) is 19.4. The van der Waals surface area contributed by atoms with E-state index in [9.17, 15) is 9.59 Å². The van der Waals surface area contributed by atoms with Crippen molar-refractivity contribution in [1.29, 1.82) is 0 Å². The standard InChI is InChI=1S/C21H18ClN3O3/c1-28-21(27)16-7-8-17(22)18(11-16)25-20(26)15-9-10-23-19(12-15)24-13-14-5-3-2-4-6-14/h2-12H,13H2,1H3,(H,23,24)(H,25,26). The van der Waals surface area contributed by atoms with Gasteiger partial charge in [0.05, 0.1) is 23.4 Å². The van der Waals surface area contributed by atoms with Crippen molar-refractivity contribution in [3.63, 3.8) is 0 Å². The van der Waals surface area contributed by atoms with E-state index in [4.69, 9.17) is 11.6 Å². The van der Waals surface area contributed by atoms with Gasteiger partial charge in [-0.25, -0.2) is 9.78 Å². The van der Waals surface area contributed by atoms with Crippen LogP contribution in [0.5, 0.6) is 0 Å². The lowest BCUT2D eigenvalue weighted by Gasteiger charge is -2.10. The maximum atomic E-state index is 12.6. The summed E-state index contributed by atoms with van der Waals surface area (Å²) in [4.78, 5) is 28.5. The van der Waals surface area contributed by atoms with Crippen molar-refractivity contribution < 1.29 is 14.3 Å². The molecule has 142 valence electrons. The molecule has 6 nitrogen and oxygen atoms in total. The van der Waals surface area contributed by atoms with Crippen molar-refractivity contribution in [2.24, 2.45) is 0 Å². The zero-order chi connectivity index (χ0) is 19.9. The number of aromatic nitrogens is 1. The van der Waals surface area contributed by atoms with E-state index in [0.29, 0.717) is 34.2 Å². The fraction of sp³-hybridized carbons (Fsp3) is 0.0952. The van der Waals surface area contributed by atoms with Gasteiger partial charge in [-0.15, -0.1) is 0 Å². The number of carbonyl (C=O) groups is 2. The predicted molar refractivity (Wildman–Crippen MR) is 109 cm³/mol. The second kappa shape index (κ2) is 9.01. The number of esters is 1. The van der Waals surface area contributed by atoms with E-state index in [0.717, 1.165) is 5.56 Å². The number of pyridine rings is 1. The van der Waals surface area contributed by atoms with Crippen molar-refractivity contribution in [3.8, 4) is 0 Å². The van der Waals surface area contributed by atoms with Gasteiger partial charge in [-0.05, 0) is 35.9 Å². The summed E-state index contributed by atoms with van der Waals surface area (Å²) in [5.41, 5.74) is 2.13. The first-order valence-electron chi connectivity index (χ1n) is 8.50. The monoisotopic (exact) mass is 395 g/mol. The number of hydrogen-bond donors (Lipinski definition) is 2. The molecule has 1 aromatic heterocycles. The van der Waals surface area contributed by atoms with Crippen LogP contribution >= 0.6 is 11.6 Å². The Balaban J connectivity index is 1.72. The van der Waals surface area contributed by atoms with Crippen LogP contribution in [0.3, 0.4) is 0 Å². The first-order valence-corrected chi connectivity index (χ1v) is 8.87. The first-order chi connectivity index (χ1) is 13.6. The molecule has 0 bridgehead atoms. The molecular weight excluding hydrogens is 378 g/mol. The van der Waals surface area contributed by atoms with Gasteiger partial charge < -0.3 is 15.4 Å². The van der Waals surface area contributed by atoms with E-state index in [1.807, 2.05) is 30.3 Å². The lowest BCUT2D eigenvalue weighted by atomic mass is 10.2. The van der Waals surface area contributed by atoms with E-state index in [2.05, 4.69) is 20.4 Å². The third kappa shape index (κ3) is 4.86. The summed E-state index contributed by atoms with van der Waals surface area (Å²) in [6, 6.07) is 17.7. The number of amides is 1. The van der Waals surface area contributed by atoms with E-state index in [1.54, 1.807) is 18.3 Å². The fourth-order valence-electron chi connectivity index (χ4n) is 2.52. The van der Waals surface area contributed by atoms with Crippen LogP contribution in [0.1, 0.15) is 26.3 Å². The number of nitrogens with zero attached hydrogens (tertiary/aromatic N) is 1. The van der Waals surface area contributed by atoms with Crippen LogP contribution < -0.4 is 10.6 Å². The van der Waals surface area contributed by atoms with Gasteiger partial charge in [-0.1, -0.05) is 41.9 Å². The molecule has 0 saturated heterocycles. The summed E-state index contributed by atoms with van der Waals surface area (Å²) in [6.45, 7) is 0.589. The van der Waals surface area contributed by atoms with Gasteiger partial charge in [0.15, 0.2) is 0 Å². The molecule has 7 heteroatoms. The second-order valence-corrected chi connectivity index (χ2v) is 6.32. The Morgan fingerprint density at radius 1 is 1.04 bits per heavy atom. The highest BCUT2D eigenvalue weighted by atomic mass is 35.5. The van der Waals surface area contributed by atoms with Gasteiger partial charge in [-0.3, -0.25) is 4.79 Å². The molecule has 0 radical (unpaired) electrons. The second-order valence-electron chi connectivity index (χ2n) is 5.91. The number of methoxy groups -OCH3 is 1. The molecule has 2 N–H and O–H groups in total. The van der Waals surface area contributed by atoms with Crippen LogP contribution in [0.15, 0.2) is 66.9 Å². The molecule has 0 saturated carbocycles. The quantitative estimate of drug-likeness (QED) is 0.605. The van der Waals surface area contributed by atoms with Crippen molar-refractivity contribution in [1.82, 2.24) is 4.98 Å². The third-order valence-corrected chi connectivity index (χ3v) is 4.30. The average molecular weight is 396 g/mol. The fourth-order valence-corrected chi connectivity index (χ4v) is 2.68. The number of nitrogens with one attached hydrogen (secondary N) is 2. The number of halogens is 1. The summed E-state index contributed by atoms with van der Waals surface area (Å²) < 4.78 is 4.69. The average Bonchev–Trinajstić information content (AvgIpc) is 2.74. The van der Waals surface area contributed by atoms with E-state index >= 15 is 0 Å². The number of carbonyl (C=O) groups excluding carboxylic acids is 2. The summed E-state index contributed by atoms with van der Waals surface area (Å²) >= 11 is 6.13. The minimum Gasteiger partial charge on any atom is -0.465 e. The van der Waals surface area contributed by atoms with Gasteiger partial charge in [0.2, 0.25) is 0 Å². The maximum Gasteiger partial charge on any atom is 0.337 e. The summed E-state index contributed by atoms with van der Waals surface area (Å²) in [7, 11) is 1.29. The highest BCUT2D eigenvalue weighted by molar-refractivity contribution is 6.34. The molecule has 0 spiro atoms. The van der Waals surface area contributed by atoms with Gasteiger partial charge in [0.25, 0.3) is 5.91 Å². The number of rotatable bonds is 6. The topological polar surface area (TPSA) is 80.3 Å². The van der Waals surface area contributed by atoms with Crippen LogP contribution in [0.4, 0.5) is 11.5 Å². The SMILES string of the molecule is COC(=O)c1ccc(Cl)c(NC(=O)c2ccnc(NCc3ccccc3)c2)c1. The number of benzene rings is 2. The highest BCUT2D eigenvalue weighted by Gasteiger charge is 2.13. The molecule has 3 aromatic rings. The molecule has 1 amide bonds. The molecule has 0 aliphatic heterocycles. The van der Waals surface area contributed by atoms with Crippen molar-refractivity contribution in [2.75, 3.05) is 17.7 Å². The highest BCUT2D eigenvalue weighted by Crippen LogP contribution is 2.24.